The first-order chi connectivity index (χ1) is 22.4. The Bertz CT molecular complexity index is 2370. The molecule has 7 aromatic rings. The molecule has 0 saturated carbocycles. The highest BCUT2D eigenvalue weighted by molar-refractivity contribution is 7.19. The van der Waals surface area contributed by atoms with Crippen LogP contribution < -0.4 is 21.1 Å². The smallest absolute Gasteiger partial charge is 0.267 e. The highest BCUT2D eigenvalue weighted by Gasteiger charge is 2.21. The molecule has 2 aromatic carbocycles. The molecule has 10 nitrogen and oxygen atoms in total. The van der Waals surface area contributed by atoms with E-state index in [1.165, 1.54) is 15.7 Å². The van der Waals surface area contributed by atoms with Crippen molar-refractivity contribution in [2.75, 3.05) is 12.4 Å². The Labute approximate surface area is 266 Å². The highest BCUT2D eigenvalue weighted by Crippen LogP contribution is 2.38. The number of hydrogen-bond acceptors (Lipinski definition) is 8. The molecule has 0 saturated heterocycles. The van der Waals surface area contributed by atoms with Gasteiger partial charge < -0.3 is 14.6 Å². The van der Waals surface area contributed by atoms with Crippen molar-refractivity contribution in [3.63, 3.8) is 0 Å². The number of thiazole rings is 1. The zero-order valence-electron chi connectivity index (χ0n) is 24.9. The zero-order chi connectivity index (χ0) is 31.8. The number of rotatable bonds is 7. The average molecular weight is 626 g/mol. The molecule has 0 unspecified atom stereocenters. The molecule has 226 valence electrons. The molecule has 0 aliphatic carbocycles. The van der Waals surface area contributed by atoms with Gasteiger partial charge in [-0.15, -0.1) is 0 Å². The van der Waals surface area contributed by atoms with Gasteiger partial charge in [0.25, 0.3) is 11.5 Å². The van der Waals surface area contributed by atoms with Gasteiger partial charge in [0.05, 0.1) is 24.6 Å². The van der Waals surface area contributed by atoms with E-state index >= 15 is 0 Å². The van der Waals surface area contributed by atoms with Crippen molar-refractivity contribution in [1.29, 1.82) is 5.41 Å². The molecule has 5 aromatic heterocycles. The molecule has 0 radical (unpaired) electrons. The molecule has 2 N–H and O–H groups in total. The number of nitrogens with one attached hydrogen (secondary N) is 2. The van der Waals surface area contributed by atoms with Crippen LogP contribution in [0.15, 0.2) is 108 Å². The predicted molar refractivity (Wildman–Crippen MR) is 178 cm³/mol. The van der Waals surface area contributed by atoms with E-state index in [1.807, 2.05) is 55.5 Å². The Morgan fingerprint density at radius 1 is 1.00 bits per heavy atom. The van der Waals surface area contributed by atoms with E-state index in [9.17, 15) is 15.0 Å². The molecule has 11 heteroatoms. The molecule has 0 fully saturated rings. The number of benzene rings is 2. The summed E-state index contributed by atoms with van der Waals surface area (Å²) in [6.07, 6.45) is 5.17. The second-order valence-electron chi connectivity index (χ2n) is 10.7. The van der Waals surface area contributed by atoms with Crippen LogP contribution in [0, 0.1) is 12.3 Å². The van der Waals surface area contributed by atoms with Crippen molar-refractivity contribution in [2.24, 2.45) is 0 Å². The van der Waals surface area contributed by atoms with Crippen LogP contribution in [0.1, 0.15) is 21.5 Å². The summed E-state index contributed by atoms with van der Waals surface area (Å²) in [5, 5.41) is 13.8. The van der Waals surface area contributed by atoms with E-state index in [0.717, 1.165) is 16.7 Å². The van der Waals surface area contributed by atoms with Crippen LogP contribution in [-0.4, -0.2) is 36.9 Å². The van der Waals surface area contributed by atoms with Crippen molar-refractivity contribution >= 4 is 38.9 Å². The van der Waals surface area contributed by atoms with Crippen LogP contribution in [0.4, 0.5) is 5.00 Å². The number of carbonyl (C=O) groups excluding carboxylic acids is 1. The van der Waals surface area contributed by atoms with Gasteiger partial charge in [-0.2, -0.15) is 0 Å². The predicted octanol–water partition coefficient (Wildman–Crippen LogP) is 5.93. The number of carbonyl (C=O) groups is 1. The third-order valence-electron chi connectivity index (χ3n) is 7.60. The van der Waals surface area contributed by atoms with E-state index in [2.05, 4.69) is 10.3 Å². The molecule has 0 aliphatic heterocycles. The molecule has 0 aliphatic rings. The van der Waals surface area contributed by atoms with E-state index < -0.39 is 0 Å². The Morgan fingerprint density at radius 3 is 2.54 bits per heavy atom. The monoisotopic (exact) mass is 625 g/mol. The largest absolute Gasteiger partial charge is 0.497 e. The lowest BCUT2D eigenvalue weighted by atomic mass is 10.1. The van der Waals surface area contributed by atoms with E-state index in [0.29, 0.717) is 49.3 Å². The summed E-state index contributed by atoms with van der Waals surface area (Å²) in [5.41, 5.74) is 4.77. The average Bonchev–Trinajstić information content (AvgIpc) is 3.50. The second-order valence-corrected chi connectivity index (χ2v) is 11.7. The molecule has 46 heavy (non-hydrogen) atoms. The maximum atomic E-state index is 13.9. The van der Waals surface area contributed by atoms with Crippen molar-refractivity contribution < 1.29 is 9.53 Å². The summed E-state index contributed by atoms with van der Waals surface area (Å²) in [7, 11) is 1.57. The molecule has 0 spiro atoms. The van der Waals surface area contributed by atoms with Crippen LogP contribution in [0.5, 0.6) is 5.75 Å². The van der Waals surface area contributed by atoms with E-state index in [4.69, 9.17) is 14.7 Å². The van der Waals surface area contributed by atoms with Gasteiger partial charge in [-0.3, -0.25) is 24.4 Å². The van der Waals surface area contributed by atoms with E-state index in [-0.39, 0.29) is 23.5 Å². The SMILES string of the molecule is COc1ccc(C(=O)Nc2sc(-c3cc4c(=O)n5cc(C)ccc5nc4n(Cc4cccnc4)c3=N)nc2-c2ccccc2)cc1. The molecule has 7 rings (SSSR count). The Morgan fingerprint density at radius 2 is 1.80 bits per heavy atom. The number of amides is 1. The molecule has 1 amide bonds. The zero-order valence-corrected chi connectivity index (χ0v) is 25.7. The minimum atomic E-state index is -0.310. The van der Waals surface area contributed by atoms with E-state index in [1.54, 1.807) is 66.7 Å². The number of ether oxygens (including phenoxy) is 1. The molecule has 0 bridgehead atoms. The molecule has 0 atom stereocenters. The fourth-order valence-corrected chi connectivity index (χ4v) is 6.26. The lowest BCUT2D eigenvalue weighted by Gasteiger charge is -2.14. The molecular weight excluding hydrogens is 598 g/mol. The van der Waals surface area contributed by atoms with Crippen LogP contribution >= 0.6 is 11.3 Å². The minimum absolute atomic E-state index is 0.126. The van der Waals surface area contributed by atoms with Gasteiger partial charge in [-0.05, 0) is 60.5 Å². The van der Waals surface area contributed by atoms with Gasteiger partial charge in [0.1, 0.15) is 38.2 Å². The van der Waals surface area contributed by atoms with Crippen molar-refractivity contribution in [3.8, 4) is 27.6 Å². The summed E-state index contributed by atoms with van der Waals surface area (Å²) < 4.78 is 8.47. The third kappa shape index (κ3) is 5.33. The first-order valence-corrected chi connectivity index (χ1v) is 15.2. The van der Waals surface area contributed by atoms with Crippen molar-refractivity contribution in [2.45, 2.75) is 13.5 Å². The van der Waals surface area contributed by atoms with Gasteiger partial charge in [0, 0.05) is 29.7 Å². The number of aromatic nitrogens is 5. The summed E-state index contributed by atoms with van der Waals surface area (Å²) in [4.78, 5) is 41.3. The topological polar surface area (TPSA) is 127 Å². The van der Waals surface area contributed by atoms with Crippen LogP contribution in [0.2, 0.25) is 0 Å². The number of methoxy groups -OCH3 is 1. The van der Waals surface area contributed by atoms with Gasteiger partial charge in [-0.25, -0.2) is 9.97 Å². The number of aryl methyl sites for hydroxylation is 1. The minimum Gasteiger partial charge on any atom is -0.497 e. The number of fused-ring (bicyclic) bond motifs is 2. The first kappa shape index (κ1) is 28.8. The normalized spacial score (nSPS) is 11.2. The lowest BCUT2D eigenvalue weighted by Crippen LogP contribution is -2.27. The maximum Gasteiger partial charge on any atom is 0.267 e. The molecular formula is C35H27N7O3S. The maximum absolute atomic E-state index is 13.9. The first-order valence-electron chi connectivity index (χ1n) is 14.4. The summed E-state index contributed by atoms with van der Waals surface area (Å²) in [6, 6.07) is 25.5. The Balaban J connectivity index is 1.43. The number of hydrogen-bond donors (Lipinski definition) is 2. The highest BCUT2D eigenvalue weighted by atomic mass is 32.1. The lowest BCUT2D eigenvalue weighted by molar-refractivity contribution is 0.102. The van der Waals surface area contributed by atoms with Crippen LogP contribution in [0.3, 0.4) is 0 Å². The summed E-state index contributed by atoms with van der Waals surface area (Å²) in [6.45, 7) is 2.18. The van der Waals surface area contributed by atoms with Gasteiger partial charge in [0.2, 0.25) is 0 Å². The summed E-state index contributed by atoms with van der Waals surface area (Å²) in [5.74, 6) is 0.337. The van der Waals surface area contributed by atoms with Gasteiger partial charge in [-0.1, -0.05) is 53.8 Å². The number of pyridine rings is 3. The Hall–Kier alpha value is -5.94. The van der Waals surface area contributed by atoms with Crippen LogP contribution in [0.25, 0.3) is 38.5 Å². The van der Waals surface area contributed by atoms with Gasteiger partial charge in [0.15, 0.2) is 0 Å². The fraction of sp³-hybridized carbons (Fsp3) is 0.0857. The number of nitrogens with zero attached hydrogens (tertiary/aromatic N) is 5. The van der Waals surface area contributed by atoms with Crippen molar-refractivity contribution in [3.05, 3.63) is 136 Å². The standard InChI is InChI=1S/C35H27N7O3S/c1-21-10-15-28-38-31-27(35(44)41(28)19-21)17-26(30(36)42(31)20-22-7-6-16-37-18-22)33-39-29(23-8-4-3-5-9-23)34(46-33)40-32(43)24-11-13-25(45-2)14-12-24/h3-19,36H,20H2,1-2H3,(H,40,43). The third-order valence-corrected chi connectivity index (χ3v) is 8.61. The Kier molecular flexibility index (Phi) is 7.43. The van der Waals surface area contributed by atoms with Crippen molar-refractivity contribution in [1.82, 2.24) is 23.9 Å². The molecule has 5 heterocycles. The van der Waals surface area contributed by atoms with Gasteiger partial charge >= 0.3 is 0 Å². The summed E-state index contributed by atoms with van der Waals surface area (Å²) >= 11 is 1.25. The quantitative estimate of drug-likeness (QED) is 0.211. The number of anilines is 1. The fourth-order valence-electron chi connectivity index (χ4n) is 5.26. The second kappa shape index (κ2) is 11.9. The van der Waals surface area contributed by atoms with Crippen LogP contribution in [-0.2, 0) is 6.54 Å².